The summed E-state index contributed by atoms with van der Waals surface area (Å²) in [6, 6.07) is 13.9. The molecule has 2 N–H and O–H groups in total. The Bertz CT molecular complexity index is 1060. The Balaban J connectivity index is 1.99. The van der Waals surface area contributed by atoms with Crippen LogP contribution in [0.15, 0.2) is 47.3 Å². The largest absolute Gasteiger partial charge is 0.325 e. The number of nitrogens with zero attached hydrogens (tertiary/aromatic N) is 1. The first-order valence-corrected chi connectivity index (χ1v) is 7.27. The number of aromatic nitrogens is 3. The minimum absolute atomic E-state index is 0.261. The second-order valence-electron chi connectivity index (χ2n) is 5.35. The number of H-pyrrole nitrogens is 2. The first kappa shape index (κ1) is 13.1. The van der Waals surface area contributed by atoms with Crippen LogP contribution in [0.1, 0.15) is 5.56 Å². The fraction of sp³-hybridized carbons (Fsp3) is 0.0588. The molecule has 108 valence electrons. The average Bonchev–Trinajstić information content (AvgIpc) is 2.84. The van der Waals surface area contributed by atoms with Gasteiger partial charge in [-0.1, -0.05) is 41.4 Å². The van der Waals surface area contributed by atoms with Gasteiger partial charge in [0.15, 0.2) is 5.65 Å². The van der Waals surface area contributed by atoms with Crippen molar-refractivity contribution in [3.05, 3.63) is 63.5 Å². The number of nitrogens with one attached hydrogen (secondary N) is 2. The lowest BCUT2D eigenvalue weighted by Gasteiger charge is -2.07. The number of aromatic amines is 2. The molecule has 0 spiro atoms. The van der Waals surface area contributed by atoms with Gasteiger partial charge in [-0.2, -0.15) is 0 Å². The van der Waals surface area contributed by atoms with Crippen molar-refractivity contribution in [1.82, 2.24) is 15.0 Å². The van der Waals surface area contributed by atoms with Crippen LogP contribution in [0.25, 0.3) is 33.2 Å². The molecule has 2 aromatic carbocycles. The number of hydrogen-bond acceptors (Lipinski definition) is 2. The quantitative estimate of drug-likeness (QED) is 0.557. The van der Waals surface area contributed by atoms with Crippen LogP contribution in [0, 0.1) is 6.92 Å². The molecule has 0 atom stereocenters. The van der Waals surface area contributed by atoms with E-state index in [1.165, 1.54) is 5.56 Å². The minimum Gasteiger partial charge on any atom is -0.304 e. The van der Waals surface area contributed by atoms with Crippen LogP contribution in [0.3, 0.4) is 0 Å². The third kappa shape index (κ3) is 2.09. The monoisotopic (exact) mass is 309 g/mol. The number of imidazole rings is 1. The molecule has 0 saturated carbocycles. The second-order valence-corrected chi connectivity index (χ2v) is 5.76. The summed E-state index contributed by atoms with van der Waals surface area (Å²) in [6.07, 6.45) is 0. The second kappa shape index (κ2) is 4.71. The molecular formula is C17H12ClN3O. The maximum atomic E-state index is 11.4. The van der Waals surface area contributed by atoms with Crippen LogP contribution >= 0.6 is 11.6 Å². The maximum absolute atomic E-state index is 11.4. The van der Waals surface area contributed by atoms with Crippen LogP contribution in [-0.2, 0) is 0 Å². The van der Waals surface area contributed by atoms with Crippen molar-refractivity contribution in [3.63, 3.8) is 0 Å². The van der Waals surface area contributed by atoms with Crippen LogP contribution < -0.4 is 5.69 Å². The summed E-state index contributed by atoms with van der Waals surface area (Å²) in [5, 5.41) is 1.57. The highest BCUT2D eigenvalue weighted by Gasteiger charge is 2.09. The Labute approximate surface area is 130 Å². The van der Waals surface area contributed by atoms with E-state index >= 15 is 0 Å². The van der Waals surface area contributed by atoms with Crippen molar-refractivity contribution in [1.29, 1.82) is 0 Å². The molecule has 0 amide bonds. The number of halogens is 1. The predicted octanol–water partition coefficient (Wildman–Crippen LogP) is 4.03. The molecule has 0 unspecified atom stereocenters. The maximum Gasteiger partial charge on any atom is 0.325 e. The number of rotatable bonds is 1. The molecular weight excluding hydrogens is 298 g/mol. The summed E-state index contributed by atoms with van der Waals surface area (Å²) in [5.74, 6) is 0. The van der Waals surface area contributed by atoms with Gasteiger partial charge in [-0.05, 0) is 30.7 Å². The summed E-state index contributed by atoms with van der Waals surface area (Å²) >= 11 is 6.41. The summed E-state index contributed by atoms with van der Waals surface area (Å²) in [5.41, 5.74) is 4.93. The Morgan fingerprint density at radius 2 is 1.82 bits per heavy atom. The molecule has 0 bridgehead atoms. The highest BCUT2D eigenvalue weighted by Crippen LogP contribution is 2.32. The summed E-state index contributed by atoms with van der Waals surface area (Å²) in [7, 11) is 0. The van der Waals surface area contributed by atoms with Crippen molar-refractivity contribution in [2.24, 2.45) is 0 Å². The zero-order valence-electron chi connectivity index (χ0n) is 11.8. The number of fused-ring (bicyclic) bond motifs is 2. The third-order valence-electron chi connectivity index (χ3n) is 3.75. The molecule has 4 nitrogen and oxygen atoms in total. The lowest BCUT2D eigenvalue weighted by atomic mass is 10.0. The Kier molecular flexibility index (Phi) is 2.81. The van der Waals surface area contributed by atoms with Gasteiger partial charge in [-0.25, -0.2) is 9.78 Å². The highest BCUT2D eigenvalue weighted by molar-refractivity contribution is 6.34. The number of pyridine rings is 1. The molecule has 2 aromatic heterocycles. The van der Waals surface area contributed by atoms with Crippen molar-refractivity contribution in [2.75, 3.05) is 0 Å². The topological polar surface area (TPSA) is 61.5 Å². The first-order valence-electron chi connectivity index (χ1n) is 6.89. The molecule has 4 rings (SSSR count). The molecule has 0 aliphatic rings. The number of hydrogen-bond donors (Lipinski definition) is 2. The SMILES string of the molecule is Cc1ccc(-c2cc3cc4[nH]c(=O)[nH]c4nc3cc2Cl)cc1. The van der Waals surface area contributed by atoms with E-state index in [-0.39, 0.29) is 5.69 Å². The van der Waals surface area contributed by atoms with E-state index in [0.717, 1.165) is 22.0 Å². The van der Waals surface area contributed by atoms with E-state index in [9.17, 15) is 4.79 Å². The van der Waals surface area contributed by atoms with Gasteiger partial charge in [0.2, 0.25) is 0 Å². The number of aryl methyl sites for hydroxylation is 1. The van der Waals surface area contributed by atoms with Gasteiger partial charge >= 0.3 is 5.69 Å². The lowest BCUT2D eigenvalue weighted by molar-refractivity contribution is 1.20. The van der Waals surface area contributed by atoms with Crippen molar-refractivity contribution in [2.45, 2.75) is 6.92 Å². The van der Waals surface area contributed by atoms with Crippen LogP contribution in [0.4, 0.5) is 0 Å². The molecule has 0 aliphatic heterocycles. The van der Waals surface area contributed by atoms with E-state index in [4.69, 9.17) is 11.6 Å². The van der Waals surface area contributed by atoms with E-state index in [0.29, 0.717) is 16.2 Å². The minimum atomic E-state index is -0.261. The summed E-state index contributed by atoms with van der Waals surface area (Å²) < 4.78 is 0. The lowest BCUT2D eigenvalue weighted by Crippen LogP contribution is -1.99. The number of benzene rings is 2. The molecule has 22 heavy (non-hydrogen) atoms. The normalized spacial score (nSPS) is 11.4. The van der Waals surface area contributed by atoms with Gasteiger partial charge in [0.05, 0.1) is 16.1 Å². The van der Waals surface area contributed by atoms with Crippen LogP contribution in [0.5, 0.6) is 0 Å². The smallest absolute Gasteiger partial charge is 0.304 e. The van der Waals surface area contributed by atoms with Crippen molar-refractivity contribution in [3.8, 4) is 11.1 Å². The fourth-order valence-corrected chi connectivity index (χ4v) is 2.87. The van der Waals surface area contributed by atoms with Gasteiger partial charge < -0.3 is 4.98 Å². The van der Waals surface area contributed by atoms with Gasteiger partial charge in [0.1, 0.15) is 0 Å². The van der Waals surface area contributed by atoms with Gasteiger partial charge in [0, 0.05) is 10.9 Å². The predicted molar refractivity (Wildman–Crippen MR) is 89.4 cm³/mol. The molecule has 0 fully saturated rings. The molecule has 0 aliphatic carbocycles. The molecule has 4 aromatic rings. The van der Waals surface area contributed by atoms with Crippen LogP contribution in [-0.4, -0.2) is 15.0 Å². The average molecular weight is 310 g/mol. The van der Waals surface area contributed by atoms with Crippen molar-refractivity contribution >= 4 is 33.7 Å². The molecule has 2 heterocycles. The van der Waals surface area contributed by atoms with E-state index < -0.39 is 0 Å². The van der Waals surface area contributed by atoms with E-state index in [2.05, 4.69) is 34.0 Å². The zero-order valence-corrected chi connectivity index (χ0v) is 12.5. The zero-order chi connectivity index (χ0) is 15.3. The van der Waals surface area contributed by atoms with Crippen LogP contribution in [0.2, 0.25) is 5.02 Å². The van der Waals surface area contributed by atoms with Gasteiger partial charge in [-0.3, -0.25) is 4.98 Å². The standard InChI is InChI=1S/C17H12ClN3O/c1-9-2-4-10(5-3-9)12-6-11-7-15-16(21-17(22)20-15)19-14(11)8-13(12)18/h2-8H,1H3,(H2,19,20,21,22). The first-order chi connectivity index (χ1) is 10.6. The molecule has 0 saturated heterocycles. The summed E-state index contributed by atoms with van der Waals surface area (Å²) in [6.45, 7) is 2.05. The van der Waals surface area contributed by atoms with E-state index in [1.807, 2.05) is 30.3 Å². The molecule has 5 heteroatoms. The van der Waals surface area contributed by atoms with Gasteiger partial charge in [0.25, 0.3) is 0 Å². The Hall–Kier alpha value is -2.59. The summed E-state index contributed by atoms with van der Waals surface area (Å²) in [4.78, 5) is 21.2. The Morgan fingerprint density at radius 1 is 1.05 bits per heavy atom. The fourth-order valence-electron chi connectivity index (χ4n) is 2.60. The van der Waals surface area contributed by atoms with E-state index in [1.54, 1.807) is 0 Å². The van der Waals surface area contributed by atoms with Crippen molar-refractivity contribution < 1.29 is 0 Å². The Morgan fingerprint density at radius 3 is 2.59 bits per heavy atom. The highest BCUT2D eigenvalue weighted by atomic mass is 35.5. The van der Waals surface area contributed by atoms with Gasteiger partial charge in [-0.15, -0.1) is 0 Å². The molecule has 0 radical (unpaired) electrons. The third-order valence-corrected chi connectivity index (χ3v) is 4.06.